The minimum atomic E-state index is -2.64. The third kappa shape index (κ3) is 6.24. The maximum absolute atomic E-state index is 14.5. The summed E-state index contributed by atoms with van der Waals surface area (Å²) in [5.74, 6) is -4.42. The zero-order valence-electron chi connectivity index (χ0n) is 31.7. The van der Waals surface area contributed by atoms with E-state index in [0.717, 1.165) is 13.1 Å². The molecular formula is C42H46N3O11+. The van der Waals surface area contributed by atoms with Crippen molar-refractivity contribution in [2.24, 2.45) is 16.8 Å². The average Bonchev–Trinajstić information content (AvgIpc) is 3.15. The van der Waals surface area contributed by atoms with Crippen LogP contribution in [0, 0.1) is 18.8 Å². The number of ether oxygens (including phenoxy) is 5. The molecule has 294 valence electrons. The number of quaternary nitrogens is 1. The molecule has 1 aromatic heterocycles. The van der Waals surface area contributed by atoms with E-state index in [0.29, 0.717) is 30.9 Å². The number of phenols is 1. The van der Waals surface area contributed by atoms with E-state index in [2.05, 4.69) is 4.98 Å². The van der Waals surface area contributed by atoms with Crippen LogP contribution in [0.5, 0.6) is 17.2 Å². The molecule has 0 saturated carbocycles. The molecule has 1 unspecified atom stereocenters. The second-order valence-electron chi connectivity index (χ2n) is 15.4. The van der Waals surface area contributed by atoms with Gasteiger partial charge in [-0.25, -0.2) is 4.79 Å². The van der Waals surface area contributed by atoms with Crippen LogP contribution in [0.15, 0.2) is 64.5 Å². The largest absolute Gasteiger partial charge is 0.507 e. The average molecular weight is 769 g/mol. The van der Waals surface area contributed by atoms with Gasteiger partial charge in [-0.3, -0.25) is 19.4 Å². The van der Waals surface area contributed by atoms with Crippen LogP contribution in [0.3, 0.4) is 0 Å². The summed E-state index contributed by atoms with van der Waals surface area (Å²) in [6, 6.07) is 1.43. The highest BCUT2D eigenvalue weighted by Gasteiger charge is 2.63. The fourth-order valence-corrected chi connectivity index (χ4v) is 9.30. The number of aromatic amines is 1. The van der Waals surface area contributed by atoms with Gasteiger partial charge >= 0.3 is 5.97 Å². The molecule has 3 aliphatic heterocycles. The van der Waals surface area contributed by atoms with Crippen molar-refractivity contribution in [3.05, 3.63) is 98.5 Å². The molecule has 3 aliphatic carbocycles. The van der Waals surface area contributed by atoms with E-state index in [4.69, 9.17) is 28.7 Å². The van der Waals surface area contributed by atoms with Crippen LogP contribution in [0.4, 0.5) is 0 Å². The molecule has 14 nitrogen and oxygen atoms in total. The number of benzene rings is 1. The van der Waals surface area contributed by atoms with Gasteiger partial charge in [-0.05, 0) is 52.7 Å². The van der Waals surface area contributed by atoms with Crippen molar-refractivity contribution < 1.29 is 53.2 Å². The number of allylic oxidation sites excluding steroid dienone is 6. The number of hydrogen-bond acceptors (Lipinski definition) is 12. The molecule has 0 radical (unpaired) electrons. The summed E-state index contributed by atoms with van der Waals surface area (Å²) in [6.07, 6.45) is 11.6. The number of aryl methyl sites for hydroxylation is 1. The standard InChI is InChI=1S/C42H45N3O11/c1-5-6-7-8-9-13-29(46)55-27-12-10-11-24-34(43-14-15-45-18-22(3)54-23(4)19-45)32-36(48)33-31-28(52-20-53-38(31)39(32)56-37(24)27)17-26-35(47)25-16-21(2)44-41(50)30(25)40(49)42(26,33)51/h5-10,12-13,16,22-24,26-28,37,48,51H,11,14-15,17-20H2,1-4H3,(H,44,50)/p+1/b6-5+,8-7+,13-9+,43-34?/t22-,23+,24-,26+,27+,28+,37-,42+/m0/s1. The maximum atomic E-state index is 14.5. The van der Waals surface area contributed by atoms with Gasteiger partial charge in [0.05, 0.1) is 41.9 Å². The lowest BCUT2D eigenvalue weighted by atomic mass is 9.60. The molecule has 9 atom stereocenters. The van der Waals surface area contributed by atoms with Crippen LogP contribution in [0.25, 0.3) is 0 Å². The Labute approximate surface area is 323 Å². The van der Waals surface area contributed by atoms with Gasteiger partial charge in [-0.2, -0.15) is 0 Å². The quantitative estimate of drug-likeness (QED) is 0.140. The molecule has 0 amide bonds. The van der Waals surface area contributed by atoms with Crippen LogP contribution in [0.2, 0.25) is 0 Å². The van der Waals surface area contributed by atoms with Crippen LogP contribution in [-0.4, -0.2) is 95.8 Å². The van der Waals surface area contributed by atoms with E-state index in [9.17, 15) is 29.4 Å². The van der Waals surface area contributed by atoms with Gasteiger partial charge < -0.3 is 43.8 Å². The SMILES string of the molecule is C/C=C/C=C/C=C/C(=O)O[C@@H]1C=CC[C@H]2C(=NCC[NH+]3C[C@@H](C)O[C@@H](C)C3)c3c(O)c4c5c(c3O[C@H]12)OCO[C@@H]5C[C@@H]1C(=O)c2cc(C)[nH]c(=O)c2C(=O)[C@]41O. The Bertz CT molecular complexity index is 2190. The van der Waals surface area contributed by atoms with Crippen LogP contribution >= 0.6 is 0 Å². The Morgan fingerprint density at radius 3 is 2.64 bits per heavy atom. The number of nitrogens with one attached hydrogen (secondary N) is 2. The summed E-state index contributed by atoms with van der Waals surface area (Å²) in [4.78, 5) is 63.9. The van der Waals surface area contributed by atoms with Crippen LogP contribution in [-0.2, 0) is 24.6 Å². The number of aliphatic hydroxyl groups is 1. The lowest BCUT2D eigenvalue weighted by Gasteiger charge is -2.48. The van der Waals surface area contributed by atoms with Crippen LogP contribution < -0.4 is 19.9 Å². The number of Topliss-reactive ketones (excluding diaryl/α,β-unsaturated/α-hetero) is 2. The predicted octanol–water partition coefficient (Wildman–Crippen LogP) is 2.50. The number of esters is 1. The zero-order chi connectivity index (χ0) is 39.5. The molecule has 1 fully saturated rings. The van der Waals surface area contributed by atoms with Gasteiger partial charge in [0, 0.05) is 34.4 Å². The molecule has 56 heavy (non-hydrogen) atoms. The number of morpholine rings is 1. The number of pyridine rings is 1. The number of aliphatic imine (C=N–C) groups is 1. The molecule has 4 N–H and O–H groups in total. The number of aromatic hydroxyl groups is 1. The number of fused-ring (bicyclic) bond motifs is 6. The van der Waals surface area contributed by atoms with E-state index in [-0.39, 0.29) is 59.2 Å². The Balaban J connectivity index is 1.26. The van der Waals surface area contributed by atoms with Gasteiger partial charge in [0.2, 0.25) is 5.78 Å². The first kappa shape index (κ1) is 37.8. The Kier molecular flexibility index (Phi) is 9.94. The second-order valence-corrected chi connectivity index (χ2v) is 15.4. The number of rotatable bonds is 7. The van der Waals surface area contributed by atoms with Crippen molar-refractivity contribution in [3.8, 4) is 17.2 Å². The third-order valence-electron chi connectivity index (χ3n) is 11.5. The Morgan fingerprint density at radius 2 is 1.88 bits per heavy atom. The minimum Gasteiger partial charge on any atom is -0.507 e. The van der Waals surface area contributed by atoms with Crippen molar-refractivity contribution in [1.82, 2.24) is 4.98 Å². The normalized spacial score (nSPS) is 32.4. The molecule has 2 aromatic rings. The summed E-state index contributed by atoms with van der Waals surface area (Å²) in [5, 5.41) is 25.2. The highest BCUT2D eigenvalue weighted by Crippen LogP contribution is 2.62. The van der Waals surface area contributed by atoms with Crippen molar-refractivity contribution in [2.75, 3.05) is 33.0 Å². The van der Waals surface area contributed by atoms with Gasteiger partial charge in [0.1, 0.15) is 37.2 Å². The first-order chi connectivity index (χ1) is 26.9. The first-order valence-electron chi connectivity index (χ1n) is 19.2. The Morgan fingerprint density at radius 1 is 1.11 bits per heavy atom. The number of phenolic OH excluding ortho intramolecular Hbond substituents is 1. The van der Waals surface area contributed by atoms with E-state index < -0.39 is 70.2 Å². The molecule has 1 saturated heterocycles. The summed E-state index contributed by atoms with van der Waals surface area (Å²) in [5.41, 5.74) is -3.23. The lowest BCUT2D eigenvalue weighted by molar-refractivity contribution is -0.913. The van der Waals surface area contributed by atoms with E-state index >= 15 is 0 Å². The zero-order valence-corrected chi connectivity index (χ0v) is 31.7. The van der Waals surface area contributed by atoms with E-state index in [1.165, 1.54) is 17.0 Å². The van der Waals surface area contributed by atoms with Crippen molar-refractivity contribution >= 4 is 23.2 Å². The van der Waals surface area contributed by atoms with Crippen molar-refractivity contribution in [3.63, 3.8) is 0 Å². The molecular weight excluding hydrogens is 722 g/mol. The number of aromatic nitrogens is 1. The molecule has 1 aromatic carbocycles. The lowest BCUT2D eigenvalue weighted by Crippen LogP contribution is -3.15. The summed E-state index contributed by atoms with van der Waals surface area (Å²) in [6.45, 7) is 9.90. The summed E-state index contributed by atoms with van der Waals surface area (Å²) < 4.78 is 30.7. The third-order valence-corrected chi connectivity index (χ3v) is 11.5. The van der Waals surface area contributed by atoms with Crippen molar-refractivity contribution in [1.29, 1.82) is 0 Å². The number of hydrogen-bond donors (Lipinski definition) is 4. The molecule has 8 rings (SSSR count). The number of nitrogens with zero attached hydrogens (tertiary/aromatic N) is 1. The smallest absolute Gasteiger partial charge is 0.331 e. The predicted molar refractivity (Wildman–Crippen MR) is 202 cm³/mol. The number of carbonyl (C=O) groups is 3. The highest BCUT2D eigenvalue weighted by molar-refractivity contribution is 6.20. The minimum absolute atomic E-state index is 0.0721. The maximum Gasteiger partial charge on any atom is 0.331 e. The monoisotopic (exact) mass is 768 g/mol. The molecule has 0 spiro atoms. The van der Waals surface area contributed by atoms with Gasteiger partial charge in [-0.15, -0.1) is 0 Å². The fourth-order valence-electron chi connectivity index (χ4n) is 9.30. The Hall–Kier alpha value is -5.15. The molecule has 14 heteroatoms. The van der Waals surface area contributed by atoms with Gasteiger partial charge in [0.25, 0.3) is 5.56 Å². The van der Waals surface area contributed by atoms with E-state index in [1.54, 1.807) is 31.2 Å². The summed E-state index contributed by atoms with van der Waals surface area (Å²) in [7, 11) is 0. The topological polar surface area (TPSA) is 187 Å². The van der Waals surface area contributed by atoms with Crippen LogP contribution in [0.1, 0.15) is 82.8 Å². The first-order valence-corrected chi connectivity index (χ1v) is 19.2. The molecule has 4 heterocycles. The van der Waals surface area contributed by atoms with E-state index in [1.807, 2.05) is 39.0 Å². The summed E-state index contributed by atoms with van der Waals surface area (Å²) >= 11 is 0. The number of carbonyl (C=O) groups excluding carboxylic acids is 3. The number of H-pyrrole nitrogens is 1. The molecule has 0 bridgehead atoms. The van der Waals surface area contributed by atoms with Gasteiger partial charge in [-0.1, -0.05) is 36.5 Å². The fraction of sp³-hybridized carbons (Fsp3) is 0.452. The van der Waals surface area contributed by atoms with Gasteiger partial charge in [0.15, 0.2) is 35.8 Å². The highest BCUT2D eigenvalue weighted by atomic mass is 16.7. The molecule has 6 aliphatic rings. The number of ketones is 2. The second kappa shape index (κ2) is 14.7. The van der Waals surface area contributed by atoms with Crippen molar-refractivity contribution in [2.45, 2.75) is 76.7 Å².